The lowest BCUT2D eigenvalue weighted by molar-refractivity contribution is -0.117. The molecule has 0 spiro atoms. The maximum Gasteiger partial charge on any atom is 0.238 e. The quantitative estimate of drug-likeness (QED) is 0.899. The summed E-state index contributed by atoms with van der Waals surface area (Å²) in [5.41, 5.74) is 0.359. The number of nitrogens with one attached hydrogen (secondary N) is 1. The molecule has 1 atom stereocenters. The van der Waals surface area contributed by atoms with Crippen molar-refractivity contribution in [3.05, 3.63) is 27.2 Å². The van der Waals surface area contributed by atoms with E-state index >= 15 is 0 Å². The number of carbonyl (C=O) groups excluding carboxylic acids is 1. The highest BCUT2D eigenvalue weighted by molar-refractivity contribution is 6.42. The summed E-state index contributed by atoms with van der Waals surface area (Å²) < 4.78 is 0. The standard InChI is InChI=1S/C12H13Cl3N2O2/c13-7-3-9(14)12(10(15)4-7)16-11(19)6-17-2-1-8(18)5-17/h3-4,8,18H,1-2,5-6H2,(H,16,19). The van der Waals surface area contributed by atoms with Crippen molar-refractivity contribution in [1.29, 1.82) is 0 Å². The van der Waals surface area contributed by atoms with E-state index in [4.69, 9.17) is 34.8 Å². The third-order valence-electron chi connectivity index (χ3n) is 2.89. The Kier molecular flexibility index (Phi) is 4.92. The van der Waals surface area contributed by atoms with E-state index in [0.717, 1.165) is 0 Å². The first-order chi connectivity index (χ1) is 8.95. The topological polar surface area (TPSA) is 52.6 Å². The van der Waals surface area contributed by atoms with E-state index in [-0.39, 0.29) is 18.6 Å². The zero-order chi connectivity index (χ0) is 14.0. The molecule has 1 aliphatic heterocycles. The first-order valence-corrected chi connectivity index (χ1v) is 6.94. The molecule has 0 saturated carbocycles. The van der Waals surface area contributed by atoms with Gasteiger partial charge in [-0.3, -0.25) is 9.69 Å². The number of halogens is 3. The highest BCUT2D eigenvalue weighted by Gasteiger charge is 2.22. The summed E-state index contributed by atoms with van der Waals surface area (Å²) in [5, 5.41) is 13.1. The number of carbonyl (C=O) groups is 1. The Balaban J connectivity index is 1.99. The molecular weight excluding hydrogens is 311 g/mol. The van der Waals surface area contributed by atoms with Crippen molar-refractivity contribution in [2.24, 2.45) is 0 Å². The van der Waals surface area contributed by atoms with Crippen LogP contribution in [0.2, 0.25) is 15.1 Å². The number of nitrogens with zero attached hydrogens (tertiary/aromatic N) is 1. The van der Waals surface area contributed by atoms with Crippen molar-refractivity contribution in [3.63, 3.8) is 0 Å². The second kappa shape index (κ2) is 6.29. The largest absolute Gasteiger partial charge is 0.392 e. The number of rotatable bonds is 3. The van der Waals surface area contributed by atoms with Crippen molar-refractivity contribution in [3.8, 4) is 0 Å². The Bertz CT molecular complexity index is 473. The fourth-order valence-electron chi connectivity index (χ4n) is 2.00. The van der Waals surface area contributed by atoms with Crippen LogP contribution in [-0.4, -0.2) is 41.7 Å². The molecule has 1 amide bonds. The molecule has 0 radical (unpaired) electrons. The number of anilines is 1. The van der Waals surface area contributed by atoms with Crippen LogP contribution in [0.15, 0.2) is 12.1 Å². The minimum atomic E-state index is -0.351. The Hall–Kier alpha value is -0.520. The summed E-state index contributed by atoms with van der Waals surface area (Å²) in [4.78, 5) is 13.8. The number of amides is 1. The van der Waals surface area contributed by atoms with Crippen LogP contribution in [0, 0.1) is 0 Å². The zero-order valence-corrected chi connectivity index (χ0v) is 12.3. The van der Waals surface area contributed by atoms with Gasteiger partial charge in [0.2, 0.25) is 5.91 Å². The predicted octanol–water partition coefficient (Wildman–Crippen LogP) is 2.65. The van der Waals surface area contributed by atoms with Gasteiger partial charge in [-0.1, -0.05) is 34.8 Å². The molecule has 1 fully saturated rings. The van der Waals surface area contributed by atoms with Crippen LogP contribution in [0.4, 0.5) is 5.69 Å². The lowest BCUT2D eigenvalue weighted by Crippen LogP contribution is -2.32. The van der Waals surface area contributed by atoms with Gasteiger partial charge < -0.3 is 10.4 Å². The third kappa shape index (κ3) is 3.97. The molecule has 1 aromatic carbocycles. The SMILES string of the molecule is O=C(CN1CCC(O)C1)Nc1c(Cl)cc(Cl)cc1Cl. The van der Waals surface area contributed by atoms with Gasteiger partial charge in [-0.15, -0.1) is 0 Å². The van der Waals surface area contributed by atoms with E-state index in [9.17, 15) is 9.90 Å². The van der Waals surface area contributed by atoms with Crippen molar-refractivity contribution < 1.29 is 9.90 Å². The average molecular weight is 324 g/mol. The minimum Gasteiger partial charge on any atom is -0.392 e. The van der Waals surface area contributed by atoms with Crippen LogP contribution < -0.4 is 5.32 Å². The van der Waals surface area contributed by atoms with Crippen LogP contribution in [0.25, 0.3) is 0 Å². The van der Waals surface area contributed by atoms with Gasteiger partial charge in [-0.2, -0.15) is 0 Å². The van der Waals surface area contributed by atoms with Crippen LogP contribution in [0.3, 0.4) is 0 Å². The van der Waals surface area contributed by atoms with E-state index < -0.39 is 0 Å². The molecule has 0 aliphatic carbocycles. The molecule has 2 N–H and O–H groups in total. The van der Waals surface area contributed by atoms with Crippen molar-refractivity contribution in [2.75, 3.05) is 25.0 Å². The lowest BCUT2D eigenvalue weighted by Gasteiger charge is -2.15. The molecule has 2 rings (SSSR count). The molecule has 4 nitrogen and oxygen atoms in total. The van der Waals surface area contributed by atoms with Crippen molar-refractivity contribution in [2.45, 2.75) is 12.5 Å². The van der Waals surface area contributed by atoms with Gasteiger partial charge in [0, 0.05) is 18.1 Å². The second-order valence-electron chi connectivity index (χ2n) is 4.47. The Morgan fingerprint density at radius 2 is 2.00 bits per heavy atom. The normalized spacial score (nSPS) is 19.7. The van der Waals surface area contributed by atoms with Crippen molar-refractivity contribution in [1.82, 2.24) is 4.90 Å². The van der Waals surface area contributed by atoms with Gasteiger partial charge >= 0.3 is 0 Å². The van der Waals surface area contributed by atoms with E-state index in [1.54, 1.807) is 0 Å². The monoisotopic (exact) mass is 322 g/mol. The summed E-state index contributed by atoms with van der Waals surface area (Å²) in [7, 11) is 0. The highest BCUT2D eigenvalue weighted by atomic mass is 35.5. The fourth-order valence-corrected chi connectivity index (χ4v) is 2.91. The average Bonchev–Trinajstić information content (AvgIpc) is 2.69. The second-order valence-corrected chi connectivity index (χ2v) is 5.72. The van der Waals surface area contributed by atoms with Crippen LogP contribution in [0.5, 0.6) is 0 Å². The van der Waals surface area contributed by atoms with Gasteiger partial charge in [-0.05, 0) is 18.6 Å². The van der Waals surface area contributed by atoms with E-state index in [2.05, 4.69) is 5.32 Å². The number of hydrogen-bond donors (Lipinski definition) is 2. The summed E-state index contributed by atoms with van der Waals surface area (Å²) in [6.45, 7) is 1.42. The molecule has 19 heavy (non-hydrogen) atoms. The smallest absolute Gasteiger partial charge is 0.238 e. The number of hydrogen-bond acceptors (Lipinski definition) is 3. The maximum atomic E-state index is 11.9. The number of aliphatic hydroxyl groups is 1. The zero-order valence-electron chi connectivity index (χ0n) is 10.00. The Morgan fingerprint density at radius 3 is 2.53 bits per heavy atom. The van der Waals surface area contributed by atoms with Gasteiger partial charge in [0.05, 0.1) is 28.4 Å². The minimum absolute atomic E-state index is 0.201. The van der Waals surface area contributed by atoms with Crippen LogP contribution in [0.1, 0.15) is 6.42 Å². The summed E-state index contributed by atoms with van der Waals surface area (Å²) in [6, 6.07) is 3.04. The Morgan fingerprint density at radius 1 is 1.37 bits per heavy atom. The summed E-state index contributed by atoms with van der Waals surface area (Å²) in [5.74, 6) is -0.222. The molecule has 1 heterocycles. The number of likely N-dealkylation sites (tertiary alicyclic amines) is 1. The summed E-state index contributed by atoms with van der Waals surface area (Å²) in [6.07, 6.45) is 0.339. The molecule has 0 bridgehead atoms. The van der Waals surface area contributed by atoms with Gasteiger partial charge in [-0.25, -0.2) is 0 Å². The maximum absolute atomic E-state index is 11.9. The first-order valence-electron chi connectivity index (χ1n) is 5.80. The Labute approximate surface area is 126 Å². The molecule has 1 unspecified atom stereocenters. The predicted molar refractivity (Wildman–Crippen MR) is 77.2 cm³/mol. The molecule has 1 saturated heterocycles. The van der Waals surface area contributed by atoms with Crippen LogP contribution >= 0.6 is 34.8 Å². The third-order valence-corrected chi connectivity index (χ3v) is 3.70. The molecule has 7 heteroatoms. The van der Waals surface area contributed by atoms with Crippen molar-refractivity contribution >= 4 is 46.4 Å². The van der Waals surface area contributed by atoms with Gasteiger partial charge in [0.15, 0.2) is 0 Å². The van der Waals surface area contributed by atoms with E-state index in [1.807, 2.05) is 4.90 Å². The van der Waals surface area contributed by atoms with Gasteiger partial charge in [0.1, 0.15) is 0 Å². The molecule has 1 aromatic rings. The molecule has 104 valence electrons. The van der Waals surface area contributed by atoms with E-state index in [1.165, 1.54) is 12.1 Å². The van der Waals surface area contributed by atoms with Gasteiger partial charge in [0.25, 0.3) is 0 Å². The number of benzene rings is 1. The number of aliphatic hydroxyl groups excluding tert-OH is 1. The first kappa shape index (κ1) is 14.9. The molecular formula is C12H13Cl3N2O2. The lowest BCUT2D eigenvalue weighted by atomic mass is 10.3. The fraction of sp³-hybridized carbons (Fsp3) is 0.417. The summed E-state index contributed by atoms with van der Waals surface area (Å²) >= 11 is 17.8. The van der Waals surface area contributed by atoms with E-state index in [0.29, 0.717) is 40.3 Å². The number of β-amino-alcohol motifs (C(OH)–C–C–N with tert-alkyl or cyclic N) is 1. The molecule has 0 aromatic heterocycles. The highest BCUT2D eigenvalue weighted by Crippen LogP contribution is 2.33. The van der Waals surface area contributed by atoms with Crippen LogP contribution in [-0.2, 0) is 4.79 Å². The molecule has 1 aliphatic rings.